The number of benzene rings is 1. The number of aromatic nitrogens is 1. The highest BCUT2D eigenvalue weighted by Gasteiger charge is 2.55. The number of nitrogens with one attached hydrogen (secondary N) is 1. The molecule has 10 heteroatoms. The van der Waals surface area contributed by atoms with Crippen LogP contribution in [-0.2, 0) is 6.54 Å². The number of nitrogens with zero attached hydrogens (tertiary/aromatic N) is 4. The highest BCUT2D eigenvalue weighted by molar-refractivity contribution is 8.23. The zero-order chi connectivity index (χ0) is 22.5. The van der Waals surface area contributed by atoms with Crippen LogP contribution in [0.5, 0.6) is 0 Å². The Labute approximate surface area is 194 Å². The van der Waals surface area contributed by atoms with Crippen molar-refractivity contribution < 1.29 is 13.5 Å². The van der Waals surface area contributed by atoms with E-state index in [0.717, 1.165) is 31.7 Å². The minimum atomic E-state index is -3.19. The third kappa shape index (κ3) is 3.91. The molecule has 2 aromatic rings. The zero-order valence-electron chi connectivity index (χ0n) is 18.6. The van der Waals surface area contributed by atoms with Crippen LogP contribution in [0.2, 0.25) is 0 Å². The van der Waals surface area contributed by atoms with Gasteiger partial charge in [-0.05, 0) is 57.2 Å². The molecule has 1 saturated carbocycles. The van der Waals surface area contributed by atoms with Crippen LogP contribution in [0, 0.1) is 5.82 Å². The molecule has 176 valence electrons. The average molecular weight is 482 g/mol. The average Bonchev–Trinajstić information content (AvgIpc) is 3.20. The van der Waals surface area contributed by atoms with Gasteiger partial charge in [-0.2, -0.15) is 4.31 Å². The molecule has 3 aliphatic rings. The van der Waals surface area contributed by atoms with Gasteiger partial charge in [0, 0.05) is 38.8 Å². The number of anilines is 2. The molecule has 32 heavy (non-hydrogen) atoms. The molecule has 3 fully saturated rings. The van der Waals surface area contributed by atoms with E-state index in [2.05, 4.69) is 22.1 Å². The van der Waals surface area contributed by atoms with Gasteiger partial charge in [0.05, 0.1) is 21.6 Å². The lowest BCUT2D eigenvalue weighted by Crippen LogP contribution is -2.57. The number of thiazole rings is 1. The summed E-state index contributed by atoms with van der Waals surface area (Å²) < 4.78 is 39.4. The Hall–Kier alpha value is -1.43. The summed E-state index contributed by atoms with van der Waals surface area (Å²) in [6.45, 7) is 4.41. The molecule has 0 bridgehead atoms. The van der Waals surface area contributed by atoms with E-state index in [1.165, 1.54) is 36.3 Å². The zero-order valence-corrected chi connectivity index (χ0v) is 20.2. The first kappa shape index (κ1) is 22.4. The molecule has 0 amide bonds. The first-order valence-electron chi connectivity index (χ1n) is 11.3. The van der Waals surface area contributed by atoms with Crippen LogP contribution in [-0.4, -0.2) is 61.1 Å². The number of piperidine rings is 1. The van der Waals surface area contributed by atoms with Crippen molar-refractivity contribution in [3.8, 4) is 0 Å². The van der Waals surface area contributed by atoms with Gasteiger partial charge < -0.3 is 5.32 Å². The lowest BCUT2D eigenvalue weighted by atomic mass is 9.83. The fraction of sp³-hybridized carbons (Fsp3) is 0.591. The fourth-order valence-corrected chi connectivity index (χ4v) is 7.91. The first-order valence-corrected chi connectivity index (χ1v) is 13.6. The van der Waals surface area contributed by atoms with Gasteiger partial charge in [-0.15, -0.1) is 11.3 Å². The maximum absolute atomic E-state index is 14.0. The van der Waals surface area contributed by atoms with Gasteiger partial charge in [0.25, 0.3) is 0 Å². The minimum Gasteiger partial charge on any atom is -0.366 e. The summed E-state index contributed by atoms with van der Waals surface area (Å²) in [4.78, 5) is 8.27. The summed E-state index contributed by atoms with van der Waals surface area (Å²) >= 11 is 1.69. The number of rotatable bonds is 5. The molecule has 5 rings (SSSR count). The van der Waals surface area contributed by atoms with Crippen molar-refractivity contribution in [1.29, 1.82) is 0 Å². The van der Waals surface area contributed by atoms with Gasteiger partial charge in [-0.1, -0.05) is 17.0 Å². The SMILES string of the molecule is C[C@H]1C[C@]2(CCN1Cc1scnc1NC1CCC1)CN(C)S(O)(O)N2c1cccc(F)c1. The number of halogens is 1. The van der Waals surface area contributed by atoms with Crippen LogP contribution >= 0.6 is 22.3 Å². The smallest absolute Gasteiger partial charge is 0.141 e. The number of likely N-dealkylation sites (N-methyl/N-ethyl adjacent to an activating group) is 1. The van der Waals surface area contributed by atoms with Gasteiger partial charge in [-0.3, -0.25) is 18.3 Å². The predicted octanol–water partition coefficient (Wildman–Crippen LogP) is 5.00. The Morgan fingerprint density at radius 3 is 2.84 bits per heavy atom. The Balaban J connectivity index is 1.35. The molecule has 2 saturated heterocycles. The molecule has 2 aliphatic heterocycles. The van der Waals surface area contributed by atoms with E-state index < -0.39 is 16.5 Å². The van der Waals surface area contributed by atoms with Gasteiger partial charge >= 0.3 is 0 Å². The number of hydrogen-bond acceptors (Lipinski definition) is 8. The van der Waals surface area contributed by atoms with Crippen LogP contribution in [0.4, 0.5) is 15.9 Å². The topological polar surface area (TPSA) is 75.1 Å². The summed E-state index contributed by atoms with van der Waals surface area (Å²) in [5.74, 6) is 0.646. The Morgan fingerprint density at radius 2 is 2.16 bits per heavy atom. The van der Waals surface area contributed by atoms with Crippen LogP contribution in [0.15, 0.2) is 29.8 Å². The lowest BCUT2D eigenvalue weighted by Gasteiger charge is -2.51. The van der Waals surface area contributed by atoms with Gasteiger partial charge in [-0.25, -0.2) is 9.37 Å². The molecule has 1 aromatic heterocycles. The van der Waals surface area contributed by atoms with Crippen molar-refractivity contribution in [2.45, 2.75) is 63.2 Å². The maximum Gasteiger partial charge on any atom is 0.141 e. The molecule has 0 radical (unpaired) electrons. The van der Waals surface area contributed by atoms with Crippen molar-refractivity contribution in [2.24, 2.45) is 0 Å². The van der Waals surface area contributed by atoms with E-state index in [4.69, 9.17) is 0 Å². The summed E-state index contributed by atoms with van der Waals surface area (Å²) in [6, 6.07) is 6.98. The molecule has 1 aliphatic carbocycles. The molecule has 3 N–H and O–H groups in total. The van der Waals surface area contributed by atoms with Crippen molar-refractivity contribution in [2.75, 3.05) is 29.8 Å². The second-order valence-corrected chi connectivity index (χ2v) is 12.4. The van der Waals surface area contributed by atoms with E-state index >= 15 is 0 Å². The Bertz CT molecular complexity index is 971. The van der Waals surface area contributed by atoms with Gasteiger partial charge in [0.15, 0.2) is 0 Å². The lowest BCUT2D eigenvalue weighted by molar-refractivity contribution is 0.101. The third-order valence-electron chi connectivity index (χ3n) is 7.25. The Morgan fingerprint density at radius 1 is 1.34 bits per heavy atom. The van der Waals surface area contributed by atoms with Crippen molar-refractivity contribution in [3.63, 3.8) is 0 Å². The predicted molar refractivity (Wildman–Crippen MR) is 130 cm³/mol. The van der Waals surface area contributed by atoms with Crippen LogP contribution in [0.1, 0.15) is 43.9 Å². The summed E-state index contributed by atoms with van der Waals surface area (Å²) in [5, 5.41) is 3.59. The second-order valence-electron chi connectivity index (χ2n) is 9.44. The van der Waals surface area contributed by atoms with Gasteiger partial charge in [0.2, 0.25) is 0 Å². The van der Waals surface area contributed by atoms with E-state index in [0.29, 0.717) is 18.3 Å². The Kier molecular flexibility index (Phi) is 5.88. The molecule has 7 nitrogen and oxygen atoms in total. The standard InChI is InChI=1S/C22H32FN5O2S2/c1-16-12-22(14-26(2)32(29,30)28(22)19-8-3-5-17(23)11-19)9-10-27(16)13-20-21(24-15-31-20)25-18-6-4-7-18/h3,5,8,11,15-16,18,25,29-30H,4,6-7,9-10,12-14H2,1-2H3/t16-,22+/m0/s1. The van der Waals surface area contributed by atoms with Crippen LogP contribution in [0.25, 0.3) is 0 Å². The second kappa shape index (κ2) is 8.41. The minimum absolute atomic E-state index is 0.236. The van der Waals surface area contributed by atoms with Crippen molar-refractivity contribution in [1.82, 2.24) is 14.2 Å². The van der Waals surface area contributed by atoms with Crippen LogP contribution < -0.4 is 9.62 Å². The van der Waals surface area contributed by atoms with Gasteiger partial charge in [0.1, 0.15) is 11.6 Å². The molecule has 3 heterocycles. The number of hydrogen-bond donors (Lipinski definition) is 3. The fourth-order valence-electron chi connectivity index (χ4n) is 5.33. The third-order valence-corrected chi connectivity index (χ3v) is 10.1. The van der Waals surface area contributed by atoms with Crippen molar-refractivity contribution in [3.05, 3.63) is 40.5 Å². The molecular formula is C22H32FN5O2S2. The highest BCUT2D eigenvalue weighted by atomic mass is 32.3. The first-order chi connectivity index (χ1) is 15.3. The monoisotopic (exact) mass is 481 g/mol. The van der Waals surface area contributed by atoms with Crippen molar-refractivity contribution >= 4 is 33.8 Å². The van der Waals surface area contributed by atoms with E-state index in [9.17, 15) is 13.5 Å². The molecule has 0 unspecified atom stereocenters. The molecule has 1 aromatic carbocycles. The molecule has 2 atom stereocenters. The highest BCUT2D eigenvalue weighted by Crippen LogP contribution is 2.61. The summed E-state index contributed by atoms with van der Waals surface area (Å²) in [5.41, 5.74) is 2.00. The van der Waals surface area contributed by atoms with E-state index in [1.54, 1.807) is 39.1 Å². The molecular weight excluding hydrogens is 449 g/mol. The number of likely N-dealkylation sites (tertiary alicyclic amines) is 1. The quantitative estimate of drug-likeness (QED) is 0.555. The summed E-state index contributed by atoms with van der Waals surface area (Å²) in [6.07, 6.45) is 5.27. The maximum atomic E-state index is 14.0. The summed E-state index contributed by atoms with van der Waals surface area (Å²) in [7, 11) is -1.45. The molecule has 1 spiro atoms. The van der Waals surface area contributed by atoms with E-state index in [1.807, 2.05) is 5.51 Å². The largest absolute Gasteiger partial charge is 0.366 e. The normalized spacial score (nSPS) is 29.9. The van der Waals surface area contributed by atoms with E-state index in [-0.39, 0.29) is 11.9 Å². The van der Waals surface area contributed by atoms with Crippen LogP contribution in [0.3, 0.4) is 0 Å².